The summed E-state index contributed by atoms with van der Waals surface area (Å²) >= 11 is 0. The number of hydrogen-bond donors (Lipinski definition) is 1. The fourth-order valence-electron chi connectivity index (χ4n) is 3.28. The number of hydrogen-bond acceptors (Lipinski definition) is 3. The second-order valence-electron chi connectivity index (χ2n) is 6.00. The lowest BCUT2D eigenvalue weighted by Gasteiger charge is -2.37. The van der Waals surface area contributed by atoms with Gasteiger partial charge in [0.05, 0.1) is 19.2 Å². The summed E-state index contributed by atoms with van der Waals surface area (Å²) in [6.45, 7) is 7.14. The Bertz CT molecular complexity index is 484. The molecule has 1 amide bonds. The summed E-state index contributed by atoms with van der Waals surface area (Å²) in [6.07, 6.45) is 2.91. The van der Waals surface area contributed by atoms with Crippen LogP contribution in [0.4, 0.5) is 0 Å². The number of rotatable bonds is 7. The Kier molecular flexibility index (Phi) is 6.40. The zero-order valence-corrected chi connectivity index (χ0v) is 13.8. The number of benzene rings is 1. The second-order valence-corrected chi connectivity index (χ2v) is 6.00. The van der Waals surface area contributed by atoms with Crippen molar-refractivity contribution in [1.82, 2.24) is 9.80 Å². The molecule has 0 aliphatic carbocycles. The topological polar surface area (TPSA) is 43.8 Å². The Labute approximate surface area is 133 Å². The summed E-state index contributed by atoms with van der Waals surface area (Å²) in [5, 5.41) is 9.80. The Hall–Kier alpha value is -1.39. The van der Waals surface area contributed by atoms with Crippen LogP contribution >= 0.6 is 0 Å². The highest BCUT2D eigenvalue weighted by Crippen LogP contribution is 2.29. The third kappa shape index (κ3) is 3.87. The summed E-state index contributed by atoms with van der Waals surface area (Å²) in [4.78, 5) is 16.6. The summed E-state index contributed by atoms with van der Waals surface area (Å²) in [5.74, 6) is 0.182. The lowest BCUT2D eigenvalue weighted by Crippen LogP contribution is -2.45. The molecular weight excluding hydrogens is 276 g/mol. The molecule has 0 aromatic heterocycles. The fraction of sp³-hybridized carbons (Fsp3) is 0.611. The van der Waals surface area contributed by atoms with Gasteiger partial charge in [-0.1, -0.05) is 38.1 Å². The first-order valence-corrected chi connectivity index (χ1v) is 8.41. The van der Waals surface area contributed by atoms with Gasteiger partial charge in [0.1, 0.15) is 0 Å². The monoisotopic (exact) mass is 304 g/mol. The van der Waals surface area contributed by atoms with Crippen molar-refractivity contribution in [1.29, 1.82) is 0 Å². The van der Waals surface area contributed by atoms with Crippen LogP contribution in [-0.4, -0.2) is 53.6 Å². The van der Waals surface area contributed by atoms with Crippen LogP contribution < -0.4 is 0 Å². The molecule has 0 saturated heterocycles. The van der Waals surface area contributed by atoms with Crippen LogP contribution in [0.15, 0.2) is 24.3 Å². The zero-order valence-electron chi connectivity index (χ0n) is 13.8. The van der Waals surface area contributed by atoms with Gasteiger partial charge in [0, 0.05) is 19.6 Å². The molecule has 1 aromatic carbocycles. The van der Waals surface area contributed by atoms with Crippen molar-refractivity contribution in [3.05, 3.63) is 35.4 Å². The van der Waals surface area contributed by atoms with E-state index in [1.165, 1.54) is 11.1 Å². The molecule has 2 rings (SSSR count). The van der Waals surface area contributed by atoms with Crippen molar-refractivity contribution in [2.45, 2.75) is 39.2 Å². The van der Waals surface area contributed by atoms with Crippen LogP contribution in [0.2, 0.25) is 0 Å². The normalized spacial score (nSPS) is 18.0. The minimum absolute atomic E-state index is 0.0565. The van der Waals surface area contributed by atoms with Crippen LogP contribution in [0.3, 0.4) is 0 Å². The fourth-order valence-corrected chi connectivity index (χ4v) is 3.28. The van der Waals surface area contributed by atoms with Crippen molar-refractivity contribution < 1.29 is 9.90 Å². The van der Waals surface area contributed by atoms with Crippen LogP contribution in [-0.2, 0) is 11.2 Å². The second kappa shape index (κ2) is 8.30. The van der Waals surface area contributed by atoms with Gasteiger partial charge >= 0.3 is 0 Å². The maximum Gasteiger partial charge on any atom is 0.236 e. The Morgan fingerprint density at radius 1 is 1.27 bits per heavy atom. The number of nitrogens with zero attached hydrogens (tertiary/aromatic N) is 2. The largest absolute Gasteiger partial charge is 0.394 e. The average molecular weight is 304 g/mol. The lowest BCUT2D eigenvalue weighted by molar-refractivity contribution is -0.133. The van der Waals surface area contributed by atoms with Gasteiger partial charge in [0.15, 0.2) is 0 Å². The third-order valence-electron chi connectivity index (χ3n) is 4.37. The molecule has 1 aromatic rings. The predicted octanol–water partition coefficient (Wildman–Crippen LogP) is 2.23. The summed E-state index contributed by atoms with van der Waals surface area (Å²) in [5.41, 5.74) is 2.46. The molecule has 0 saturated carbocycles. The lowest BCUT2D eigenvalue weighted by atomic mass is 9.93. The van der Waals surface area contributed by atoms with Gasteiger partial charge in [-0.25, -0.2) is 0 Å². The summed E-state index contributed by atoms with van der Waals surface area (Å²) < 4.78 is 0. The Morgan fingerprint density at radius 2 is 1.95 bits per heavy atom. The number of fused-ring (bicyclic) bond motifs is 1. The molecule has 1 unspecified atom stereocenters. The molecule has 4 heteroatoms. The highest BCUT2D eigenvalue weighted by molar-refractivity contribution is 5.78. The SMILES string of the molecule is CCCN(CCC)C(=O)CN1CCc2ccccc2C1CO. The molecular formula is C18H28N2O2. The standard InChI is InChI=1S/C18H28N2O2/c1-3-10-19(11-4-2)18(22)13-20-12-9-15-7-5-6-8-16(15)17(20)14-21/h5-8,17,21H,3-4,9-14H2,1-2H3. The van der Waals surface area contributed by atoms with E-state index in [0.29, 0.717) is 6.54 Å². The molecule has 1 aliphatic rings. The smallest absolute Gasteiger partial charge is 0.236 e. The van der Waals surface area contributed by atoms with E-state index in [4.69, 9.17) is 0 Å². The van der Waals surface area contributed by atoms with Gasteiger partial charge in [0.2, 0.25) is 5.91 Å². The molecule has 0 radical (unpaired) electrons. The predicted molar refractivity (Wildman–Crippen MR) is 88.7 cm³/mol. The van der Waals surface area contributed by atoms with E-state index in [9.17, 15) is 9.90 Å². The van der Waals surface area contributed by atoms with E-state index in [-0.39, 0.29) is 18.6 Å². The first-order chi connectivity index (χ1) is 10.7. The summed E-state index contributed by atoms with van der Waals surface area (Å²) in [6, 6.07) is 8.19. The van der Waals surface area contributed by atoms with Gasteiger partial charge in [-0.05, 0) is 30.4 Å². The minimum atomic E-state index is -0.0565. The van der Waals surface area contributed by atoms with Crippen LogP contribution in [0.25, 0.3) is 0 Å². The molecule has 1 atom stereocenters. The van der Waals surface area contributed by atoms with Gasteiger partial charge in [0.25, 0.3) is 0 Å². The number of carbonyl (C=O) groups is 1. The van der Waals surface area contributed by atoms with Crippen molar-refractivity contribution in [3.8, 4) is 0 Å². The number of carbonyl (C=O) groups excluding carboxylic acids is 1. The highest BCUT2D eigenvalue weighted by atomic mass is 16.3. The van der Waals surface area contributed by atoms with E-state index in [0.717, 1.165) is 38.9 Å². The molecule has 0 bridgehead atoms. The van der Waals surface area contributed by atoms with Crippen LogP contribution in [0, 0.1) is 0 Å². The molecule has 0 fully saturated rings. The quantitative estimate of drug-likeness (QED) is 0.840. The van der Waals surface area contributed by atoms with Crippen LogP contribution in [0.1, 0.15) is 43.9 Å². The van der Waals surface area contributed by atoms with E-state index >= 15 is 0 Å². The first kappa shape index (κ1) is 17.0. The average Bonchev–Trinajstić information content (AvgIpc) is 2.54. The van der Waals surface area contributed by atoms with Crippen molar-refractivity contribution in [3.63, 3.8) is 0 Å². The molecule has 1 heterocycles. The molecule has 122 valence electrons. The Balaban J connectivity index is 2.07. The molecule has 1 N–H and O–H groups in total. The van der Waals surface area contributed by atoms with Crippen molar-refractivity contribution in [2.75, 3.05) is 32.8 Å². The molecule has 4 nitrogen and oxygen atoms in total. The van der Waals surface area contributed by atoms with Gasteiger partial charge in [-0.3, -0.25) is 9.69 Å². The Morgan fingerprint density at radius 3 is 2.59 bits per heavy atom. The number of amides is 1. The van der Waals surface area contributed by atoms with Crippen molar-refractivity contribution >= 4 is 5.91 Å². The van der Waals surface area contributed by atoms with Gasteiger partial charge < -0.3 is 10.0 Å². The maximum absolute atomic E-state index is 12.6. The molecule has 1 aliphatic heterocycles. The first-order valence-electron chi connectivity index (χ1n) is 8.41. The van der Waals surface area contributed by atoms with Gasteiger partial charge in [-0.15, -0.1) is 0 Å². The van der Waals surface area contributed by atoms with E-state index < -0.39 is 0 Å². The van der Waals surface area contributed by atoms with E-state index in [1.807, 2.05) is 17.0 Å². The minimum Gasteiger partial charge on any atom is -0.394 e. The number of aliphatic hydroxyl groups is 1. The molecule has 0 spiro atoms. The highest BCUT2D eigenvalue weighted by Gasteiger charge is 2.28. The van der Waals surface area contributed by atoms with Gasteiger partial charge in [-0.2, -0.15) is 0 Å². The summed E-state index contributed by atoms with van der Waals surface area (Å²) in [7, 11) is 0. The molecule has 22 heavy (non-hydrogen) atoms. The van der Waals surface area contributed by atoms with Crippen LogP contribution in [0.5, 0.6) is 0 Å². The zero-order chi connectivity index (χ0) is 15.9. The maximum atomic E-state index is 12.6. The third-order valence-corrected chi connectivity index (χ3v) is 4.37. The number of aliphatic hydroxyl groups excluding tert-OH is 1. The van der Waals surface area contributed by atoms with E-state index in [2.05, 4.69) is 30.9 Å². The van der Waals surface area contributed by atoms with E-state index in [1.54, 1.807) is 0 Å². The van der Waals surface area contributed by atoms with Crippen molar-refractivity contribution in [2.24, 2.45) is 0 Å².